The number of ketones is 1. The molecule has 1 fully saturated rings. The van der Waals surface area contributed by atoms with Gasteiger partial charge in [-0.15, -0.1) is 0 Å². The van der Waals surface area contributed by atoms with Gasteiger partial charge in [0.2, 0.25) is 5.78 Å². The highest BCUT2D eigenvalue weighted by molar-refractivity contribution is 6.03. The lowest BCUT2D eigenvalue weighted by molar-refractivity contribution is -0.384. The molecule has 1 saturated heterocycles. The molecule has 1 aliphatic rings. The van der Waals surface area contributed by atoms with Gasteiger partial charge in [-0.1, -0.05) is 30.3 Å². The number of allylic oxidation sites excluding steroid dienone is 1. The Morgan fingerprint density at radius 3 is 2.47 bits per heavy atom. The third kappa shape index (κ3) is 5.98. The molecule has 9 nitrogen and oxygen atoms in total. The molecule has 0 spiro atoms. The quantitative estimate of drug-likeness (QED) is 0.207. The van der Waals surface area contributed by atoms with Gasteiger partial charge in [0, 0.05) is 30.9 Å². The molecule has 0 radical (unpaired) electrons. The monoisotopic (exact) mass is 462 g/mol. The lowest BCUT2D eigenvalue weighted by Crippen LogP contribution is -2.35. The van der Waals surface area contributed by atoms with Crippen molar-refractivity contribution in [3.05, 3.63) is 81.0 Å². The van der Waals surface area contributed by atoms with Crippen LogP contribution in [-0.4, -0.2) is 36.4 Å². The number of Topliss-reactive ketones (excluding diaryl/α,β-unsaturated/α-hetero) is 1. The van der Waals surface area contributed by atoms with Crippen molar-refractivity contribution in [3.8, 4) is 6.07 Å². The molecule has 0 amide bonds. The average Bonchev–Trinajstić information content (AvgIpc) is 2.83. The van der Waals surface area contributed by atoms with Gasteiger partial charge in [-0.3, -0.25) is 14.9 Å². The van der Waals surface area contributed by atoms with Crippen LogP contribution in [0.5, 0.6) is 0 Å². The number of benzene rings is 2. The zero-order valence-electron chi connectivity index (χ0n) is 18.9. The van der Waals surface area contributed by atoms with E-state index in [0.29, 0.717) is 24.7 Å². The maximum Gasteiger partial charge on any atom is 0.340 e. The van der Waals surface area contributed by atoms with Gasteiger partial charge in [0.25, 0.3) is 5.69 Å². The molecule has 0 saturated carbocycles. The van der Waals surface area contributed by atoms with E-state index >= 15 is 0 Å². The lowest BCUT2D eigenvalue weighted by Gasteiger charge is -2.34. The van der Waals surface area contributed by atoms with E-state index < -0.39 is 23.3 Å². The van der Waals surface area contributed by atoms with E-state index in [4.69, 9.17) is 15.7 Å². The zero-order chi connectivity index (χ0) is 24.7. The molecule has 0 atom stereocenters. The van der Waals surface area contributed by atoms with E-state index in [1.807, 2.05) is 23.1 Å². The van der Waals surface area contributed by atoms with Crippen molar-refractivity contribution in [1.82, 2.24) is 0 Å². The van der Waals surface area contributed by atoms with Crippen molar-refractivity contribution in [2.75, 3.05) is 24.6 Å². The molecular formula is C25H26N4O5. The second-order valence-electron chi connectivity index (χ2n) is 8.25. The summed E-state index contributed by atoms with van der Waals surface area (Å²) in [5.74, 6) is -1.10. The summed E-state index contributed by atoms with van der Waals surface area (Å²) in [4.78, 5) is 37.7. The smallest absolute Gasteiger partial charge is 0.340 e. The topological polar surface area (TPSA) is 140 Å². The SMILES string of the molecule is CC(N)=C(C#N)C(=O)COC(=O)c1cc([N+](=O)[O-])ccc1N1CCC(Cc2ccccc2)CC1. The van der Waals surface area contributed by atoms with Crippen LogP contribution in [0, 0.1) is 27.4 Å². The second kappa shape index (κ2) is 11.1. The summed E-state index contributed by atoms with van der Waals surface area (Å²) in [6.07, 6.45) is 2.79. The Morgan fingerprint density at radius 1 is 1.21 bits per heavy atom. The number of nitrogens with zero attached hydrogens (tertiary/aromatic N) is 3. The van der Waals surface area contributed by atoms with Crippen molar-refractivity contribution >= 4 is 23.1 Å². The Hall–Kier alpha value is -4.19. The van der Waals surface area contributed by atoms with Crippen LogP contribution in [0.15, 0.2) is 59.8 Å². The van der Waals surface area contributed by atoms with Gasteiger partial charge >= 0.3 is 5.97 Å². The van der Waals surface area contributed by atoms with Crippen LogP contribution in [0.25, 0.3) is 0 Å². The highest BCUT2D eigenvalue weighted by Gasteiger charge is 2.26. The summed E-state index contributed by atoms with van der Waals surface area (Å²) in [7, 11) is 0. The molecular weight excluding hydrogens is 436 g/mol. The molecule has 2 aromatic carbocycles. The number of esters is 1. The Morgan fingerprint density at radius 2 is 1.88 bits per heavy atom. The van der Waals surface area contributed by atoms with Crippen LogP contribution in [-0.2, 0) is 16.0 Å². The van der Waals surface area contributed by atoms with Crippen molar-refractivity contribution in [2.24, 2.45) is 11.7 Å². The fraction of sp³-hybridized carbons (Fsp3) is 0.320. The van der Waals surface area contributed by atoms with Crippen LogP contribution < -0.4 is 10.6 Å². The molecule has 34 heavy (non-hydrogen) atoms. The van der Waals surface area contributed by atoms with Crippen molar-refractivity contribution in [1.29, 1.82) is 5.26 Å². The van der Waals surface area contributed by atoms with E-state index in [2.05, 4.69) is 12.1 Å². The third-order valence-corrected chi connectivity index (χ3v) is 5.85. The standard InChI is InChI=1S/C25H26N4O5/c1-17(27)22(15-26)24(30)16-34-25(31)21-14-20(29(32)33)7-8-23(21)28-11-9-19(10-12-28)13-18-5-3-2-4-6-18/h2-8,14,19H,9-13,16,27H2,1H3. The molecule has 1 heterocycles. The van der Waals surface area contributed by atoms with Gasteiger partial charge in [0.05, 0.1) is 16.2 Å². The summed E-state index contributed by atoms with van der Waals surface area (Å²) in [5.41, 5.74) is 6.81. The van der Waals surface area contributed by atoms with Gasteiger partial charge < -0.3 is 15.4 Å². The first-order valence-electron chi connectivity index (χ1n) is 10.9. The Labute approximate surface area is 197 Å². The number of piperidine rings is 1. The highest BCUT2D eigenvalue weighted by Crippen LogP contribution is 2.31. The van der Waals surface area contributed by atoms with E-state index in [0.717, 1.165) is 25.3 Å². The molecule has 3 rings (SSSR count). The molecule has 0 bridgehead atoms. The van der Waals surface area contributed by atoms with Gasteiger partial charge in [0.15, 0.2) is 6.61 Å². The number of hydrogen-bond donors (Lipinski definition) is 1. The number of anilines is 1. The van der Waals surface area contributed by atoms with Gasteiger partial charge in [-0.25, -0.2) is 4.79 Å². The third-order valence-electron chi connectivity index (χ3n) is 5.85. The number of nitrogens with two attached hydrogens (primary N) is 1. The largest absolute Gasteiger partial charge is 0.454 e. The fourth-order valence-corrected chi connectivity index (χ4v) is 4.05. The minimum atomic E-state index is -0.870. The lowest BCUT2D eigenvalue weighted by atomic mass is 9.90. The summed E-state index contributed by atoms with van der Waals surface area (Å²) >= 11 is 0. The van der Waals surface area contributed by atoms with Crippen molar-refractivity contribution < 1.29 is 19.2 Å². The summed E-state index contributed by atoms with van der Waals surface area (Å²) in [6, 6.07) is 16.0. The molecule has 2 N–H and O–H groups in total. The van der Waals surface area contributed by atoms with Crippen LogP contribution in [0.2, 0.25) is 0 Å². The molecule has 176 valence electrons. The summed E-state index contributed by atoms with van der Waals surface area (Å²) < 4.78 is 5.11. The number of carbonyl (C=O) groups is 2. The van der Waals surface area contributed by atoms with E-state index in [1.54, 1.807) is 12.1 Å². The molecule has 0 aliphatic carbocycles. The van der Waals surface area contributed by atoms with Gasteiger partial charge in [-0.2, -0.15) is 5.26 Å². The minimum Gasteiger partial charge on any atom is -0.454 e. The zero-order valence-corrected chi connectivity index (χ0v) is 18.9. The number of nitriles is 1. The highest BCUT2D eigenvalue weighted by atomic mass is 16.6. The minimum absolute atomic E-state index is 0.00969. The van der Waals surface area contributed by atoms with Crippen LogP contribution in [0.4, 0.5) is 11.4 Å². The Bertz CT molecular complexity index is 1140. The number of nitro groups is 1. The van der Waals surface area contributed by atoms with E-state index in [-0.39, 0.29) is 22.5 Å². The normalized spacial score (nSPS) is 14.6. The molecule has 0 aromatic heterocycles. The van der Waals surface area contributed by atoms with Gasteiger partial charge in [0.1, 0.15) is 11.6 Å². The number of ether oxygens (including phenoxy) is 1. The average molecular weight is 463 g/mol. The predicted octanol–water partition coefficient (Wildman–Crippen LogP) is 3.54. The number of rotatable bonds is 8. The van der Waals surface area contributed by atoms with E-state index in [1.165, 1.54) is 18.6 Å². The Kier molecular flexibility index (Phi) is 7.98. The molecule has 0 unspecified atom stereocenters. The number of non-ortho nitro benzene ring substituents is 1. The van der Waals surface area contributed by atoms with Crippen molar-refractivity contribution in [2.45, 2.75) is 26.2 Å². The first-order chi connectivity index (χ1) is 16.3. The van der Waals surface area contributed by atoms with Crippen LogP contribution in [0.3, 0.4) is 0 Å². The number of nitro benzene ring substituents is 1. The maximum atomic E-state index is 12.8. The Balaban J connectivity index is 1.74. The first kappa shape index (κ1) is 24.5. The van der Waals surface area contributed by atoms with E-state index in [9.17, 15) is 19.7 Å². The summed E-state index contributed by atoms with van der Waals surface area (Å²) in [5, 5.41) is 20.3. The van der Waals surface area contributed by atoms with Crippen LogP contribution >= 0.6 is 0 Å². The molecule has 2 aromatic rings. The van der Waals surface area contributed by atoms with Gasteiger partial charge in [-0.05, 0) is 43.7 Å². The maximum absolute atomic E-state index is 12.8. The first-order valence-corrected chi connectivity index (χ1v) is 10.9. The molecule has 9 heteroatoms. The number of carbonyl (C=O) groups excluding carboxylic acids is 2. The fourth-order valence-electron chi connectivity index (χ4n) is 4.05. The number of hydrogen-bond acceptors (Lipinski definition) is 8. The van der Waals surface area contributed by atoms with Crippen molar-refractivity contribution in [3.63, 3.8) is 0 Å². The summed E-state index contributed by atoms with van der Waals surface area (Å²) in [6.45, 7) is 2.08. The molecule has 1 aliphatic heterocycles. The second-order valence-corrected chi connectivity index (χ2v) is 8.25. The predicted molar refractivity (Wildman–Crippen MR) is 126 cm³/mol. The van der Waals surface area contributed by atoms with Crippen LogP contribution in [0.1, 0.15) is 35.7 Å².